The maximum atomic E-state index is 5.51. The van der Waals surface area contributed by atoms with Gasteiger partial charge in [-0.3, -0.25) is 0 Å². The SMILES string of the molecule is CC(C)OCCOCCOCCOCCOc1ccccc1. The number of hydrogen-bond donors (Lipinski definition) is 0. The van der Waals surface area contributed by atoms with Gasteiger partial charge in [0.05, 0.1) is 52.4 Å². The summed E-state index contributed by atoms with van der Waals surface area (Å²) in [5, 5.41) is 0. The van der Waals surface area contributed by atoms with Crippen molar-refractivity contribution in [2.45, 2.75) is 20.0 Å². The van der Waals surface area contributed by atoms with Gasteiger partial charge in [-0.25, -0.2) is 0 Å². The zero-order valence-electron chi connectivity index (χ0n) is 13.7. The zero-order valence-corrected chi connectivity index (χ0v) is 13.7. The van der Waals surface area contributed by atoms with E-state index in [0.29, 0.717) is 52.9 Å². The average Bonchev–Trinajstić information content (AvgIpc) is 2.52. The van der Waals surface area contributed by atoms with Gasteiger partial charge in [0.2, 0.25) is 0 Å². The summed E-state index contributed by atoms with van der Waals surface area (Å²) in [6.45, 7) is 8.64. The van der Waals surface area contributed by atoms with Gasteiger partial charge in [-0.2, -0.15) is 0 Å². The summed E-state index contributed by atoms with van der Waals surface area (Å²) >= 11 is 0. The van der Waals surface area contributed by atoms with E-state index >= 15 is 0 Å². The molecule has 0 unspecified atom stereocenters. The van der Waals surface area contributed by atoms with Crippen LogP contribution in [0.2, 0.25) is 0 Å². The molecule has 0 bridgehead atoms. The molecule has 5 heteroatoms. The Morgan fingerprint density at radius 2 is 1.18 bits per heavy atom. The molecule has 0 fully saturated rings. The third-order valence-corrected chi connectivity index (χ3v) is 2.66. The summed E-state index contributed by atoms with van der Waals surface area (Å²) in [6.07, 6.45) is 0.253. The van der Waals surface area contributed by atoms with Crippen LogP contribution in [0.1, 0.15) is 13.8 Å². The van der Waals surface area contributed by atoms with E-state index in [-0.39, 0.29) is 6.10 Å². The monoisotopic (exact) mass is 312 g/mol. The molecule has 0 spiro atoms. The molecule has 22 heavy (non-hydrogen) atoms. The van der Waals surface area contributed by atoms with Crippen molar-refractivity contribution in [3.63, 3.8) is 0 Å². The highest BCUT2D eigenvalue weighted by Crippen LogP contribution is 2.07. The first kappa shape index (κ1) is 18.9. The van der Waals surface area contributed by atoms with Crippen LogP contribution >= 0.6 is 0 Å². The van der Waals surface area contributed by atoms with Crippen LogP contribution in [0.25, 0.3) is 0 Å². The lowest BCUT2D eigenvalue weighted by Crippen LogP contribution is -2.14. The molecule has 1 rings (SSSR count). The van der Waals surface area contributed by atoms with Gasteiger partial charge in [0.15, 0.2) is 0 Å². The fraction of sp³-hybridized carbons (Fsp3) is 0.647. The molecule has 0 saturated carbocycles. The van der Waals surface area contributed by atoms with Crippen LogP contribution in [0, 0.1) is 0 Å². The van der Waals surface area contributed by atoms with Crippen LogP contribution in [0.15, 0.2) is 30.3 Å². The molecular formula is C17H28O5. The Kier molecular flexibility index (Phi) is 11.6. The van der Waals surface area contributed by atoms with Gasteiger partial charge >= 0.3 is 0 Å². The van der Waals surface area contributed by atoms with E-state index in [1.807, 2.05) is 44.2 Å². The predicted molar refractivity (Wildman–Crippen MR) is 85.5 cm³/mol. The zero-order chi connectivity index (χ0) is 15.9. The third-order valence-electron chi connectivity index (χ3n) is 2.66. The topological polar surface area (TPSA) is 46.2 Å². The molecule has 0 aromatic heterocycles. The minimum absolute atomic E-state index is 0.253. The largest absolute Gasteiger partial charge is 0.491 e. The van der Waals surface area contributed by atoms with Crippen molar-refractivity contribution in [3.8, 4) is 5.75 Å². The van der Waals surface area contributed by atoms with Crippen LogP contribution in [-0.4, -0.2) is 59.0 Å². The summed E-state index contributed by atoms with van der Waals surface area (Å²) in [5.74, 6) is 0.862. The van der Waals surface area contributed by atoms with Crippen molar-refractivity contribution < 1.29 is 23.7 Å². The summed E-state index contributed by atoms with van der Waals surface area (Å²) in [6, 6.07) is 9.70. The quantitative estimate of drug-likeness (QED) is 0.494. The van der Waals surface area contributed by atoms with Crippen molar-refractivity contribution in [1.29, 1.82) is 0 Å². The van der Waals surface area contributed by atoms with Gasteiger partial charge in [0, 0.05) is 0 Å². The lowest BCUT2D eigenvalue weighted by molar-refractivity contribution is -0.0134. The first-order valence-corrected chi connectivity index (χ1v) is 7.81. The van der Waals surface area contributed by atoms with Crippen LogP contribution in [0.5, 0.6) is 5.75 Å². The molecule has 0 heterocycles. The molecule has 0 amide bonds. The molecule has 0 radical (unpaired) electrons. The fourth-order valence-electron chi connectivity index (χ4n) is 1.62. The average molecular weight is 312 g/mol. The van der Waals surface area contributed by atoms with Gasteiger partial charge < -0.3 is 23.7 Å². The van der Waals surface area contributed by atoms with E-state index in [2.05, 4.69) is 0 Å². The predicted octanol–water partition coefficient (Wildman–Crippen LogP) is 2.54. The molecule has 0 N–H and O–H groups in total. The molecule has 1 aromatic rings. The standard InChI is InChI=1S/C17H28O5/c1-16(2)21-14-12-19-10-8-18-9-11-20-13-15-22-17-6-4-3-5-7-17/h3-7,16H,8-15H2,1-2H3. The number of rotatable bonds is 14. The van der Waals surface area contributed by atoms with E-state index in [1.165, 1.54) is 0 Å². The smallest absolute Gasteiger partial charge is 0.119 e. The minimum Gasteiger partial charge on any atom is -0.491 e. The van der Waals surface area contributed by atoms with Gasteiger partial charge in [-0.1, -0.05) is 18.2 Å². The van der Waals surface area contributed by atoms with Gasteiger partial charge in [0.1, 0.15) is 12.4 Å². The number of benzene rings is 1. The Labute approximate surface area is 133 Å². The maximum Gasteiger partial charge on any atom is 0.119 e. The van der Waals surface area contributed by atoms with Crippen LogP contribution in [0.3, 0.4) is 0 Å². The summed E-state index contributed by atoms with van der Waals surface area (Å²) in [4.78, 5) is 0. The van der Waals surface area contributed by atoms with E-state index in [9.17, 15) is 0 Å². The Bertz CT molecular complexity index is 342. The Morgan fingerprint density at radius 1 is 0.682 bits per heavy atom. The van der Waals surface area contributed by atoms with Gasteiger partial charge in [-0.15, -0.1) is 0 Å². The van der Waals surface area contributed by atoms with Crippen molar-refractivity contribution in [2.24, 2.45) is 0 Å². The van der Waals surface area contributed by atoms with E-state index < -0.39 is 0 Å². The Hall–Kier alpha value is -1.14. The van der Waals surface area contributed by atoms with Crippen LogP contribution < -0.4 is 4.74 Å². The van der Waals surface area contributed by atoms with E-state index in [4.69, 9.17) is 23.7 Å². The summed E-state index contributed by atoms with van der Waals surface area (Å²) in [5.41, 5.74) is 0. The number of hydrogen-bond acceptors (Lipinski definition) is 5. The number of ether oxygens (including phenoxy) is 5. The van der Waals surface area contributed by atoms with Crippen molar-refractivity contribution >= 4 is 0 Å². The second-order valence-electron chi connectivity index (χ2n) is 4.92. The van der Waals surface area contributed by atoms with Crippen molar-refractivity contribution in [2.75, 3.05) is 52.9 Å². The highest BCUT2D eigenvalue weighted by molar-refractivity contribution is 5.20. The molecule has 0 aliphatic carbocycles. The molecule has 0 saturated heterocycles. The summed E-state index contributed by atoms with van der Waals surface area (Å²) in [7, 11) is 0. The normalized spacial score (nSPS) is 11.0. The summed E-state index contributed by atoms with van der Waals surface area (Å²) < 4.78 is 27.0. The maximum absolute atomic E-state index is 5.51. The van der Waals surface area contributed by atoms with Gasteiger partial charge in [0.25, 0.3) is 0 Å². The third kappa shape index (κ3) is 11.5. The molecule has 0 aliphatic heterocycles. The molecule has 1 aromatic carbocycles. The Morgan fingerprint density at radius 3 is 1.73 bits per heavy atom. The fourth-order valence-corrected chi connectivity index (χ4v) is 1.62. The lowest BCUT2D eigenvalue weighted by Gasteiger charge is -2.09. The highest BCUT2D eigenvalue weighted by Gasteiger charge is 1.95. The number of para-hydroxylation sites is 1. The minimum atomic E-state index is 0.253. The van der Waals surface area contributed by atoms with E-state index in [1.54, 1.807) is 0 Å². The van der Waals surface area contributed by atoms with E-state index in [0.717, 1.165) is 5.75 Å². The van der Waals surface area contributed by atoms with Crippen LogP contribution in [0.4, 0.5) is 0 Å². The Balaban J connectivity index is 1.75. The van der Waals surface area contributed by atoms with Crippen molar-refractivity contribution in [3.05, 3.63) is 30.3 Å². The molecule has 126 valence electrons. The highest BCUT2D eigenvalue weighted by atomic mass is 16.6. The second kappa shape index (κ2) is 13.5. The molecular weight excluding hydrogens is 284 g/mol. The van der Waals surface area contributed by atoms with Crippen LogP contribution in [-0.2, 0) is 18.9 Å². The molecule has 0 atom stereocenters. The molecule has 0 aliphatic rings. The molecule has 5 nitrogen and oxygen atoms in total. The first-order chi connectivity index (χ1) is 10.8. The van der Waals surface area contributed by atoms with Gasteiger partial charge in [-0.05, 0) is 26.0 Å². The second-order valence-corrected chi connectivity index (χ2v) is 4.92. The lowest BCUT2D eigenvalue weighted by atomic mass is 10.3. The van der Waals surface area contributed by atoms with Crippen molar-refractivity contribution in [1.82, 2.24) is 0 Å². The first-order valence-electron chi connectivity index (χ1n) is 7.81.